The number of rotatable bonds is 9. The highest BCUT2D eigenvalue weighted by Crippen LogP contribution is 2.26. The fourth-order valence-electron chi connectivity index (χ4n) is 4.63. The van der Waals surface area contributed by atoms with Crippen LogP contribution >= 0.6 is 0 Å². The average molecular weight is 492 g/mol. The average Bonchev–Trinajstić information content (AvgIpc) is 3.15. The molecule has 3 aromatic rings. The number of esters is 1. The first-order chi connectivity index (χ1) is 17.5. The number of pyridine rings is 2. The molecule has 2 aromatic heterocycles. The summed E-state index contributed by atoms with van der Waals surface area (Å²) >= 11 is 0. The van der Waals surface area contributed by atoms with E-state index in [0.29, 0.717) is 30.3 Å². The number of aromatic nitrogens is 2. The Morgan fingerprint density at radius 2 is 1.78 bits per heavy atom. The van der Waals surface area contributed by atoms with Crippen molar-refractivity contribution in [2.24, 2.45) is 0 Å². The SMILES string of the molecule is COC(=O)c1c(OCc2ccncc2)cc(=O)n2c1CCN([C@H](C)CCc1ccc(OC)cc1)CC2. The van der Waals surface area contributed by atoms with E-state index in [-0.39, 0.29) is 17.9 Å². The summed E-state index contributed by atoms with van der Waals surface area (Å²) in [6.07, 6.45) is 5.85. The van der Waals surface area contributed by atoms with E-state index >= 15 is 0 Å². The molecular weight excluding hydrogens is 458 g/mol. The van der Waals surface area contributed by atoms with Gasteiger partial charge in [0.15, 0.2) is 0 Å². The number of carbonyl (C=O) groups is 1. The van der Waals surface area contributed by atoms with Crippen LogP contribution in [-0.2, 0) is 30.7 Å². The summed E-state index contributed by atoms with van der Waals surface area (Å²) in [5.41, 5.74) is 2.99. The van der Waals surface area contributed by atoms with Gasteiger partial charge in [-0.05, 0) is 55.2 Å². The van der Waals surface area contributed by atoms with Crippen LogP contribution in [0, 0.1) is 0 Å². The highest BCUT2D eigenvalue weighted by atomic mass is 16.5. The van der Waals surface area contributed by atoms with E-state index in [4.69, 9.17) is 14.2 Å². The molecule has 0 saturated heterocycles. The van der Waals surface area contributed by atoms with Crippen molar-refractivity contribution in [1.29, 1.82) is 0 Å². The van der Waals surface area contributed by atoms with Gasteiger partial charge >= 0.3 is 5.97 Å². The van der Waals surface area contributed by atoms with Gasteiger partial charge in [-0.3, -0.25) is 14.7 Å². The topological polar surface area (TPSA) is 82.9 Å². The van der Waals surface area contributed by atoms with Gasteiger partial charge in [0.1, 0.15) is 23.7 Å². The largest absolute Gasteiger partial charge is 0.497 e. The maximum absolute atomic E-state index is 13.0. The summed E-state index contributed by atoms with van der Waals surface area (Å²) in [5, 5.41) is 0. The van der Waals surface area contributed by atoms with Gasteiger partial charge in [0.2, 0.25) is 0 Å². The smallest absolute Gasteiger partial charge is 0.343 e. The van der Waals surface area contributed by atoms with Crippen LogP contribution in [0.1, 0.15) is 40.5 Å². The van der Waals surface area contributed by atoms with Gasteiger partial charge in [-0.15, -0.1) is 0 Å². The van der Waals surface area contributed by atoms with Crippen LogP contribution in [0.4, 0.5) is 0 Å². The molecule has 0 N–H and O–H groups in total. The van der Waals surface area contributed by atoms with Gasteiger partial charge in [0.05, 0.1) is 14.2 Å². The van der Waals surface area contributed by atoms with Crippen molar-refractivity contribution < 1.29 is 19.0 Å². The molecule has 0 spiro atoms. The van der Waals surface area contributed by atoms with E-state index in [1.165, 1.54) is 18.7 Å². The Morgan fingerprint density at radius 3 is 2.47 bits per heavy atom. The second-order valence-electron chi connectivity index (χ2n) is 8.98. The summed E-state index contributed by atoms with van der Waals surface area (Å²) < 4.78 is 18.0. The Balaban J connectivity index is 1.49. The van der Waals surface area contributed by atoms with E-state index in [0.717, 1.165) is 37.2 Å². The van der Waals surface area contributed by atoms with Crippen molar-refractivity contribution >= 4 is 5.97 Å². The quantitative estimate of drug-likeness (QED) is 0.424. The van der Waals surface area contributed by atoms with Crippen molar-refractivity contribution in [3.8, 4) is 11.5 Å². The number of ether oxygens (including phenoxy) is 3. The zero-order valence-corrected chi connectivity index (χ0v) is 21.1. The van der Waals surface area contributed by atoms with Crippen molar-refractivity contribution in [1.82, 2.24) is 14.5 Å². The second-order valence-corrected chi connectivity index (χ2v) is 8.98. The second kappa shape index (κ2) is 11.9. The minimum atomic E-state index is -0.496. The van der Waals surface area contributed by atoms with E-state index in [1.54, 1.807) is 24.1 Å². The van der Waals surface area contributed by atoms with Crippen LogP contribution in [0.15, 0.2) is 59.7 Å². The molecule has 0 radical (unpaired) electrons. The third kappa shape index (κ3) is 5.94. The zero-order chi connectivity index (χ0) is 25.5. The van der Waals surface area contributed by atoms with Crippen molar-refractivity contribution in [3.05, 3.63) is 87.6 Å². The van der Waals surface area contributed by atoms with Crippen molar-refractivity contribution in [2.75, 3.05) is 27.3 Å². The van der Waals surface area contributed by atoms with Crippen LogP contribution in [-0.4, -0.2) is 53.8 Å². The summed E-state index contributed by atoms with van der Waals surface area (Å²) in [4.78, 5) is 32.2. The lowest BCUT2D eigenvalue weighted by molar-refractivity contribution is 0.0592. The molecule has 0 amide bonds. The van der Waals surface area contributed by atoms with Gasteiger partial charge in [-0.1, -0.05) is 12.1 Å². The molecule has 0 bridgehead atoms. The number of carbonyl (C=O) groups excluding carboxylic acids is 1. The van der Waals surface area contributed by atoms with E-state index < -0.39 is 5.97 Å². The highest BCUT2D eigenvalue weighted by Gasteiger charge is 2.27. The van der Waals surface area contributed by atoms with Gasteiger partial charge < -0.3 is 18.8 Å². The molecule has 1 aliphatic heterocycles. The number of nitrogens with zero attached hydrogens (tertiary/aromatic N) is 3. The summed E-state index contributed by atoms with van der Waals surface area (Å²) in [7, 11) is 3.02. The van der Waals surface area contributed by atoms with Crippen molar-refractivity contribution in [3.63, 3.8) is 0 Å². The first-order valence-electron chi connectivity index (χ1n) is 12.2. The van der Waals surface area contributed by atoms with Gasteiger partial charge in [0.25, 0.3) is 5.56 Å². The molecule has 0 fully saturated rings. The molecular formula is C28H33N3O5. The first kappa shape index (κ1) is 25.4. The Bertz CT molecular complexity index is 1220. The summed E-state index contributed by atoms with van der Waals surface area (Å²) in [6, 6.07) is 13.5. The van der Waals surface area contributed by atoms with Gasteiger partial charge in [-0.2, -0.15) is 0 Å². The van der Waals surface area contributed by atoms with E-state index in [1.807, 2.05) is 24.3 Å². The number of methoxy groups -OCH3 is 2. The van der Waals surface area contributed by atoms with E-state index in [2.05, 4.69) is 28.9 Å². The Morgan fingerprint density at radius 1 is 1.03 bits per heavy atom. The van der Waals surface area contributed by atoms with Crippen LogP contribution in [0.5, 0.6) is 11.5 Å². The Kier molecular flexibility index (Phi) is 8.38. The monoisotopic (exact) mass is 491 g/mol. The lowest BCUT2D eigenvalue weighted by Crippen LogP contribution is -2.36. The zero-order valence-electron chi connectivity index (χ0n) is 21.1. The molecule has 1 aromatic carbocycles. The fraction of sp³-hybridized carbons (Fsp3) is 0.393. The summed E-state index contributed by atoms with van der Waals surface area (Å²) in [5.74, 6) is 0.619. The standard InChI is InChI=1S/C28H33N3O5/c1-20(4-5-21-6-8-23(34-2)9-7-21)30-15-12-24-27(28(33)35-3)25(18-26(32)31(24)17-16-30)36-19-22-10-13-29-14-11-22/h6-11,13-14,18,20H,4-5,12,15-17,19H2,1-3H3/t20-/m1/s1. The number of hydrogen-bond donors (Lipinski definition) is 0. The number of hydrogen-bond acceptors (Lipinski definition) is 7. The number of benzene rings is 1. The molecule has 8 nitrogen and oxygen atoms in total. The maximum atomic E-state index is 13.0. The molecule has 0 unspecified atom stereocenters. The lowest BCUT2D eigenvalue weighted by Gasteiger charge is -2.27. The molecule has 190 valence electrons. The van der Waals surface area contributed by atoms with Gasteiger partial charge in [-0.25, -0.2) is 4.79 Å². The van der Waals surface area contributed by atoms with Crippen LogP contribution in [0.2, 0.25) is 0 Å². The Labute approximate surface area is 211 Å². The van der Waals surface area contributed by atoms with Crippen molar-refractivity contribution in [2.45, 2.75) is 45.4 Å². The molecule has 4 rings (SSSR count). The molecule has 0 aliphatic carbocycles. The molecule has 1 aliphatic rings. The summed E-state index contributed by atoms with van der Waals surface area (Å²) in [6.45, 7) is 4.42. The maximum Gasteiger partial charge on any atom is 0.343 e. The fourth-order valence-corrected chi connectivity index (χ4v) is 4.63. The molecule has 1 atom stereocenters. The number of fused-ring (bicyclic) bond motifs is 1. The predicted octanol–water partition coefficient (Wildman–Crippen LogP) is 3.50. The highest BCUT2D eigenvalue weighted by molar-refractivity contribution is 5.93. The minimum absolute atomic E-state index is 0.171. The molecule has 0 saturated carbocycles. The van der Waals surface area contributed by atoms with Crippen LogP contribution < -0.4 is 15.0 Å². The first-order valence-corrected chi connectivity index (χ1v) is 12.2. The molecule has 36 heavy (non-hydrogen) atoms. The number of aryl methyl sites for hydroxylation is 1. The molecule has 8 heteroatoms. The lowest BCUT2D eigenvalue weighted by atomic mass is 10.0. The van der Waals surface area contributed by atoms with Crippen LogP contribution in [0.3, 0.4) is 0 Å². The van der Waals surface area contributed by atoms with Crippen LogP contribution in [0.25, 0.3) is 0 Å². The van der Waals surface area contributed by atoms with E-state index in [9.17, 15) is 9.59 Å². The minimum Gasteiger partial charge on any atom is -0.497 e. The third-order valence-corrected chi connectivity index (χ3v) is 6.79. The third-order valence-electron chi connectivity index (χ3n) is 6.79. The van der Waals surface area contributed by atoms with Gasteiger partial charge in [0, 0.05) is 56.3 Å². The molecule has 3 heterocycles. The Hall–Kier alpha value is -3.65. The predicted molar refractivity (Wildman–Crippen MR) is 137 cm³/mol. The normalized spacial score (nSPS) is 14.4.